The third-order valence-electron chi connectivity index (χ3n) is 3.14. The topological polar surface area (TPSA) is 84.8 Å². The minimum absolute atomic E-state index is 0.142. The Morgan fingerprint density at radius 3 is 2.24 bits per heavy atom. The van der Waals surface area contributed by atoms with E-state index >= 15 is 0 Å². The van der Waals surface area contributed by atoms with Gasteiger partial charge in [0.25, 0.3) is 5.91 Å². The normalized spacial score (nSPS) is 15.2. The highest BCUT2D eigenvalue weighted by Gasteiger charge is 2.26. The van der Waals surface area contributed by atoms with Crippen LogP contribution in [0.25, 0.3) is 0 Å². The second-order valence-corrected chi connectivity index (χ2v) is 9.63. The van der Waals surface area contributed by atoms with Gasteiger partial charge < -0.3 is 10.1 Å². The van der Waals surface area contributed by atoms with Gasteiger partial charge >= 0.3 is 6.09 Å². The fourth-order valence-corrected chi connectivity index (χ4v) is 3.34. The van der Waals surface area contributed by atoms with E-state index in [4.69, 9.17) is 4.74 Å². The number of carbonyl (C=O) groups excluding carboxylic acids is 2. The van der Waals surface area contributed by atoms with E-state index in [9.17, 15) is 13.8 Å². The molecule has 0 fully saturated rings. The third kappa shape index (κ3) is 7.69. The number of carbonyl (C=O) groups is 2. The molecule has 25 heavy (non-hydrogen) atoms. The quantitative estimate of drug-likeness (QED) is 0.860. The first-order chi connectivity index (χ1) is 11.4. The molecule has 0 radical (unpaired) electrons. The highest BCUT2D eigenvalue weighted by atomic mass is 32.2. The summed E-state index contributed by atoms with van der Waals surface area (Å²) in [5.41, 5.74) is -0.672. The van der Waals surface area contributed by atoms with Crippen LogP contribution in [0.15, 0.2) is 39.6 Å². The van der Waals surface area contributed by atoms with Gasteiger partial charge in [0.05, 0.1) is 9.73 Å². The highest BCUT2D eigenvalue weighted by molar-refractivity contribution is 7.93. The molecule has 0 aliphatic rings. The summed E-state index contributed by atoms with van der Waals surface area (Å²) in [5.74, 6) is -0.473. The van der Waals surface area contributed by atoms with Crippen LogP contribution in [0.4, 0.5) is 4.79 Å². The van der Waals surface area contributed by atoms with Crippen molar-refractivity contribution in [1.82, 2.24) is 5.32 Å². The van der Waals surface area contributed by atoms with Gasteiger partial charge in [0, 0.05) is 11.2 Å². The van der Waals surface area contributed by atoms with Crippen molar-refractivity contribution in [2.24, 2.45) is 10.3 Å². The van der Waals surface area contributed by atoms with E-state index in [-0.39, 0.29) is 5.92 Å². The first-order valence-electron chi connectivity index (χ1n) is 8.21. The Morgan fingerprint density at radius 2 is 1.76 bits per heavy atom. The smallest absolute Gasteiger partial charge is 0.408 e. The molecule has 7 heteroatoms. The highest BCUT2D eigenvalue weighted by Crippen LogP contribution is 2.14. The van der Waals surface area contributed by atoms with Crippen LogP contribution in [0.2, 0.25) is 0 Å². The lowest BCUT2D eigenvalue weighted by Gasteiger charge is -2.23. The summed E-state index contributed by atoms with van der Waals surface area (Å²) in [6, 6.07) is 7.73. The van der Waals surface area contributed by atoms with Gasteiger partial charge in [0.1, 0.15) is 11.6 Å². The summed E-state index contributed by atoms with van der Waals surface area (Å²) in [4.78, 5) is 25.0. The molecule has 140 valence electrons. The summed E-state index contributed by atoms with van der Waals surface area (Å²) in [5, 5.41) is 2.55. The molecule has 1 aromatic rings. The van der Waals surface area contributed by atoms with E-state index in [0.29, 0.717) is 11.3 Å². The van der Waals surface area contributed by atoms with Crippen LogP contribution in [0.1, 0.15) is 41.0 Å². The zero-order valence-electron chi connectivity index (χ0n) is 15.7. The van der Waals surface area contributed by atoms with Gasteiger partial charge in [-0.1, -0.05) is 32.0 Å². The third-order valence-corrected chi connectivity index (χ3v) is 4.82. The van der Waals surface area contributed by atoms with E-state index in [0.717, 1.165) is 0 Å². The minimum atomic E-state index is -2.88. The Hall–Kier alpha value is -1.89. The van der Waals surface area contributed by atoms with Crippen LogP contribution in [-0.2, 0) is 19.3 Å². The molecule has 2 amide bonds. The van der Waals surface area contributed by atoms with E-state index in [1.54, 1.807) is 51.1 Å². The Morgan fingerprint density at radius 1 is 1.20 bits per heavy atom. The maximum absolute atomic E-state index is 12.8. The van der Waals surface area contributed by atoms with Crippen molar-refractivity contribution in [1.29, 1.82) is 0 Å². The predicted octanol–water partition coefficient (Wildman–Crippen LogP) is 3.61. The number of nitrogens with one attached hydrogen (secondary N) is 1. The molecule has 0 spiro atoms. The van der Waals surface area contributed by atoms with Crippen LogP contribution in [0, 0.1) is 5.92 Å². The number of alkyl carbamates (subject to hydrolysis) is 1. The molecule has 0 aromatic heterocycles. The largest absolute Gasteiger partial charge is 0.444 e. The molecule has 0 aliphatic carbocycles. The summed E-state index contributed by atoms with van der Waals surface area (Å²) in [6.45, 7) is 9.08. The van der Waals surface area contributed by atoms with Crippen molar-refractivity contribution >= 4 is 21.7 Å². The number of benzene rings is 1. The molecular formula is C18H28N2O4S. The average molecular weight is 368 g/mol. The summed E-state index contributed by atoms with van der Waals surface area (Å²) < 4.78 is 21.9. The Balaban J connectivity index is 3.03. The second kappa shape index (κ2) is 8.47. The van der Waals surface area contributed by atoms with E-state index in [1.165, 1.54) is 6.26 Å². The zero-order valence-corrected chi connectivity index (χ0v) is 16.6. The second-order valence-electron chi connectivity index (χ2n) is 7.37. The van der Waals surface area contributed by atoms with Crippen molar-refractivity contribution < 1.29 is 18.5 Å². The van der Waals surface area contributed by atoms with Crippen molar-refractivity contribution in [3.8, 4) is 0 Å². The van der Waals surface area contributed by atoms with E-state index in [1.807, 2.05) is 13.8 Å². The maximum atomic E-state index is 12.8. The van der Waals surface area contributed by atoms with Crippen LogP contribution >= 0.6 is 0 Å². The molecular weight excluding hydrogens is 340 g/mol. The summed E-state index contributed by atoms with van der Waals surface area (Å²) in [7, 11) is -2.88. The molecule has 1 aromatic carbocycles. The lowest BCUT2D eigenvalue weighted by Crippen LogP contribution is -2.43. The van der Waals surface area contributed by atoms with Gasteiger partial charge in [-0.25, -0.2) is 9.00 Å². The molecule has 0 aliphatic heterocycles. The van der Waals surface area contributed by atoms with Gasteiger partial charge in [0.15, 0.2) is 0 Å². The number of amides is 2. The molecule has 0 saturated carbocycles. The van der Waals surface area contributed by atoms with E-state index < -0.39 is 33.4 Å². The van der Waals surface area contributed by atoms with Crippen LogP contribution < -0.4 is 5.32 Å². The molecule has 0 saturated heterocycles. The fraction of sp³-hybridized carbons (Fsp3) is 0.556. The summed E-state index contributed by atoms with van der Waals surface area (Å²) >= 11 is 0. The monoisotopic (exact) mass is 368 g/mol. The van der Waals surface area contributed by atoms with Crippen LogP contribution in [0.5, 0.6) is 0 Å². The van der Waals surface area contributed by atoms with Crippen molar-refractivity contribution in [2.45, 2.75) is 57.6 Å². The lowest BCUT2D eigenvalue weighted by atomic mass is 10.0. The lowest BCUT2D eigenvalue weighted by molar-refractivity contribution is -0.120. The average Bonchev–Trinajstić information content (AvgIpc) is 2.44. The standard InChI is InChI=1S/C18H28N2O4S/c1-13(2)12-15(19-17(22)24-18(3,4)5)16(21)20-25(6,23)14-10-8-7-9-11-14/h7-11,13,15H,12H2,1-6H3,(H,19,22)/t15-,25-/m0/s1. The number of ether oxygens (including phenoxy) is 1. The molecule has 2 atom stereocenters. The number of hydrogen-bond donors (Lipinski definition) is 1. The Kier molecular flexibility index (Phi) is 7.17. The molecule has 0 heterocycles. The molecule has 6 nitrogen and oxygen atoms in total. The first kappa shape index (κ1) is 21.2. The first-order valence-corrected chi connectivity index (χ1v) is 10.1. The van der Waals surface area contributed by atoms with Crippen molar-refractivity contribution in [3.63, 3.8) is 0 Å². The Labute approximate surface area is 150 Å². The van der Waals surface area contributed by atoms with E-state index in [2.05, 4.69) is 9.68 Å². The maximum Gasteiger partial charge on any atom is 0.408 e. The van der Waals surface area contributed by atoms with Crippen LogP contribution in [0.3, 0.4) is 0 Å². The number of nitrogens with zero attached hydrogens (tertiary/aromatic N) is 1. The summed E-state index contributed by atoms with van der Waals surface area (Å²) in [6.07, 6.45) is 1.11. The van der Waals surface area contributed by atoms with Gasteiger partial charge in [-0.2, -0.15) is 4.36 Å². The molecule has 1 N–H and O–H groups in total. The zero-order chi connectivity index (χ0) is 19.3. The SMILES string of the molecule is CC(C)C[C@H](NC(=O)OC(C)(C)C)C(=O)N=[S@@](C)(=O)c1ccccc1. The van der Waals surface area contributed by atoms with Gasteiger partial charge in [-0.3, -0.25) is 4.79 Å². The van der Waals surface area contributed by atoms with Gasteiger partial charge in [0.2, 0.25) is 0 Å². The van der Waals surface area contributed by atoms with Gasteiger partial charge in [-0.15, -0.1) is 0 Å². The molecule has 1 rings (SSSR count). The Bertz CT molecular complexity index is 714. The molecule has 0 unspecified atom stereocenters. The number of rotatable bonds is 5. The number of hydrogen-bond acceptors (Lipinski definition) is 4. The fourth-order valence-electron chi connectivity index (χ4n) is 2.10. The van der Waals surface area contributed by atoms with Crippen molar-refractivity contribution in [3.05, 3.63) is 30.3 Å². The van der Waals surface area contributed by atoms with Crippen LogP contribution in [-0.4, -0.2) is 34.1 Å². The predicted molar refractivity (Wildman–Crippen MR) is 98.8 cm³/mol. The van der Waals surface area contributed by atoms with Gasteiger partial charge in [-0.05, 0) is 45.2 Å². The minimum Gasteiger partial charge on any atom is -0.444 e. The van der Waals surface area contributed by atoms with Crippen molar-refractivity contribution in [2.75, 3.05) is 6.26 Å². The molecule has 0 bridgehead atoms.